The molecule has 1 fully saturated rings. The highest BCUT2D eigenvalue weighted by Crippen LogP contribution is 2.35. The average molecular weight is 515 g/mol. The first-order valence-electron chi connectivity index (χ1n) is 10.9. The lowest BCUT2D eigenvalue weighted by molar-refractivity contribution is -0.137. The normalized spacial score (nSPS) is 14.4. The maximum atomic E-state index is 12.6. The number of hydrogen-bond acceptors (Lipinski definition) is 7. The number of anilines is 1. The van der Waals surface area contributed by atoms with E-state index < -0.39 is 5.97 Å². The van der Waals surface area contributed by atoms with Crippen LogP contribution < -0.4 is 14.8 Å². The first-order chi connectivity index (χ1) is 16.7. The van der Waals surface area contributed by atoms with E-state index in [0.29, 0.717) is 32.9 Å². The maximum Gasteiger partial charge on any atom is 0.305 e. The number of thiocarbonyl (C=S) groups is 1. The van der Waals surface area contributed by atoms with Gasteiger partial charge in [0.05, 0.1) is 17.9 Å². The molecule has 2 amide bonds. The predicted molar refractivity (Wildman–Crippen MR) is 140 cm³/mol. The predicted octanol–water partition coefficient (Wildman–Crippen LogP) is 4.40. The molecule has 184 valence electrons. The van der Waals surface area contributed by atoms with Crippen LogP contribution in [-0.4, -0.2) is 51.9 Å². The molecule has 0 saturated carbocycles. The monoisotopic (exact) mass is 514 g/mol. The maximum absolute atomic E-state index is 12.6. The van der Waals surface area contributed by atoms with Gasteiger partial charge in [-0.3, -0.25) is 19.3 Å². The summed E-state index contributed by atoms with van der Waals surface area (Å²) in [5.41, 5.74) is 3.37. The quantitative estimate of drug-likeness (QED) is 0.355. The molecule has 1 aliphatic rings. The summed E-state index contributed by atoms with van der Waals surface area (Å²) in [6, 6.07) is 10.9. The molecule has 2 aromatic carbocycles. The Kier molecular flexibility index (Phi) is 8.89. The summed E-state index contributed by atoms with van der Waals surface area (Å²) in [5, 5.41) is 11.8. The van der Waals surface area contributed by atoms with Gasteiger partial charge in [-0.25, -0.2) is 0 Å². The number of benzene rings is 2. The number of nitrogens with zero attached hydrogens (tertiary/aromatic N) is 1. The molecule has 1 heterocycles. The van der Waals surface area contributed by atoms with Crippen LogP contribution in [0.3, 0.4) is 0 Å². The van der Waals surface area contributed by atoms with Crippen molar-refractivity contribution in [1.82, 2.24) is 4.90 Å². The highest BCUT2D eigenvalue weighted by atomic mass is 32.2. The van der Waals surface area contributed by atoms with E-state index in [0.717, 1.165) is 28.6 Å². The molecule has 0 aliphatic carbocycles. The number of nitrogens with one attached hydrogen (secondary N) is 1. The summed E-state index contributed by atoms with van der Waals surface area (Å²) in [7, 11) is 0. The van der Waals surface area contributed by atoms with Crippen molar-refractivity contribution in [3.05, 3.63) is 58.0 Å². The molecule has 0 unspecified atom stereocenters. The van der Waals surface area contributed by atoms with Crippen LogP contribution >= 0.6 is 24.0 Å². The largest absolute Gasteiger partial charge is 0.490 e. The number of aryl methyl sites for hydroxylation is 2. The molecule has 2 aromatic rings. The van der Waals surface area contributed by atoms with Crippen LogP contribution in [-0.2, 0) is 14.4 Å². The summed E-state index contributed by atoms with van der Waals surface area (Å²) in [4.78, 5) is 37.6. The van der Waals surface area contributed by atoms with Gasteiger partial charge in [-0.15, -0.1) is 0 Å². The number of carboxylic acid groups (broad SMARTS) is 1. The molecule has 0 radical (unpaired) electrons. The van der Waals surface area contributed by atoms with Crippen LogP contribution in [0.2, 0.25) is 0 Å². The Morgan fingerprint density at radius 1 is 1.14 bits per heavy atom. The minimum Gasteiger partial charge on any atom is -0.490 e. The van der Waals surface area contributed by atoms with Crippen molar-refractivity contribution in [3.8, 4) is 11.5 Å². The highest BCUT2D eigenvalue weighted by molar-refractivity contribution is 8.26. The Hall–Kier alpha value is -3.37. The van der Waals surface area contributed by atoms with Gasteiger partial charge in [0.25, 0.3) is 11.8 Å². The van der Waals surface area contributed by atoms with Gasteiger partial charge in [0, 0.05) is 12.2 Å². The zero-order chi connectivity index (χ0) is 25.5. The smallest absolute Gasteiger partial charge is 0.305 e. The van der Waals surface area contributed by atoms with E-state index in [4.69, 9.17) is 26.8 Å². The van der Waals surface area contributed by atoms with Crippen LogP contribution in [0.15, 0.2) is 41.3 Å². The Balaban J connectivity index is 1.71. The molecule has 0 bridgehead atoms. The molecule has 0 aromatic heterocycles. The fourth-order valence-electron chi connectivity index (χ4n) is 3.38. The van der Waals surface area contributed by atoms with Crippen molar-refractivity contribution in [1.29, 1.82) is 0 Å². The van der Waals surface area contributed by atoms with Crippen LogP contribution in [0.4, 0.5) is 5.69 Å². The van der Waals surface area contributed by atoms with E-state index >= 15 is 0 Å². The van der Waals surface area contributed by atoms with Gasteiger partial charge in [-0.1, -0.05) is 48.2 Å². The molecule has 2 N–H and O–H groups in total. The summed E-state index contributed by atoms with van der Waals surface area (Å²) < 4.78 is 11.7. The second-order valence-corrected chi connectivity index (χ2v) is 9.40. The van der Waals surface area contributed by atoms with Crippen molar-refractivity contribution < 1.29 is 29.0 Å². The van der Waals surface area contributed by atoms with Crippen molar-refractivity contribution in [3.63, 3.8) is 0 Å². The van der Waals surface area contributed by atoms with Gasteiger partial charge < -0.3 is 19.9 Å². The van der Waals surface area contributed by atoms with E-state index in [2.05, 4.69) is 5.32 Å². The highest BCUT2D eigenvalue weighted by Gasteiger charge is 2.32. The van der Waals surface area contributed by atoms with E-state index in [-0.39, 0.29) is 31.4 Å². The lowest BCUT2D eigenvalue weighted by atomic mass is 10.1. The van der Waals surface area contributed by atoms with E-state index in [1.165, 1.54) is 4.90 Å². The number of carbonyl (C=O) groups excluding carboxylic acids is 2. The van der Waals surface area contributed by atoms with Gasteiger partial charge in [0.2, 0.25) is 0 Å². The third-order valence-corrected chi connectivity index (χ3v) is 6.47. The summed E-state index contributed by atoms with van der Waals surface area (Å²) in [6.45, 7) is 5.89. The lowest BCUT2D eigenvalue weighted by Gasteiger charge is -2.14. The first kappa shape index (κ1) is 26.2. The van der Waals surface area contributed by atoms with Crippen LogP contribution in [0, 0.1) is 13.8 Å². The molecule has 0 spiro atoms. The van der Waals surface area contributed by atoms with E-state index in [1.807, 2.05) is 39.0 Å². The third kappa shape index (κ3) is 6.83. The second-order valence-electron chi connectivity index (χ2n) is 7.72. The second kappa shape index (κ2) is 11.9. The number of carbonyl (C=O) groups is 3. The van der Waals surface area contributed by atoms with Gasteiger partial charge >= 0.3 is 5.97 Å². The van der Waals surface area contributed by atoms with Crippen LogP contribution in [0.25, 0.3) is 6.08 Å². The average Bonchev–Trinajstić information content (AvgIpc) is 3.06. The summed E-state index contributed by atoms with van der Waals surface area (Å²) in [6.07, 6.45) is 1.48. The zero-order valence-corrected chi connectivity index (χ0v) is 21.3. The van der Waals surface area contributed by atoms with Gasteiger partial charge in [-0.05, 0) is 55.7 Å². The molecule has 10 heteroatoms. The van der Waals surface area contributed by atoms with Gasteiger partial charge in [0.1, 0.15) is 4.32 Å². The fourth-order valence-corrected chi connectivity index (χ4v) is 4.69. The topological polar surface area (TPSA) is 105 Å². The number of hydrogen-bond donors (Lipinski definition) is 2. The first-order valence-corrected chi connectivity index (χ1v) is 12.1. The van der Waals surface area contributed by atoms with Crippen LogP contribution in [0.1, 0.15) is 30.0 Å². The Morgan fingerprint density at radius 3 is 2.51 bits per heavy atom. The zero-order valence-electron chi connectivity index (χ0n) is 19.6. The SMILES string of the molecule is CCOc1cc(/C=C2\SC(=S)N(CCC(=O)O)C2=O)ccc1OCC(=O)Nc1c(C)cccc1C. The van der Waals surface area contributed by atoms with Gasteiger partial charge in [0.15, 0.2) is 18.1 Å². The van der Waals surface area contributed by atoms with Gasteiger partial charge in [-0.2, -0.15) is 0 Å². The number of amides is 2. The Morgan fingerprint density at radius 2 is 1.86 bits per heavy atom. The number of thioether (sulfide) groups is 1. The Labute approximate surface area is 213 Å². The summed E-state index contributed by atoms with van der Waals surface area (Å²) in [5.74, 6) is -0.790. The third-order valence-electron chi connectivity index (χ3n) is 5.09. The number of para-hydroxylation sites is 1. The van der Waals surface area contributed by atoms with E-state index in [1.54, 1.807) is 24.3 Å². The fraction of sp³-hybridized carbons (Fsp3) is 0.280. The lowest BCUT2D eigenvalue weighted by Crippen LogP contribution is -2.30. The standard InChI is InChI=1S/C25H26N2O6S2/c1-4-32-19-12-17(13-20-24(31)27(25(34)35-20)11-10-22(29)30)8-9-18(19)33-14-21(28)26-23-15(2)6-5-7-16(23)3/h5-9,12-13H,4,10-11,14H2,1-3H3,(H,26,28)(H,29,30)/b20-13-. The molecule has 3 rings (SSSR count). The number of ether oxygens (including phenoxy) is 2. The Bertz CT molecular complexity index is 1170. The minimum atomic E-state index is -0.998. The summed E-state index contributed by atoms with van der Waals surface area (Å²) >= 11 is 6.34. The molecule has 0 atom stereocenters. The molecular formula is C25H26N2O6S2. The van der Waals surface area contributed by atoms with Crippen molar-refractivity contribution >= 4 is 57.8 Å². The van der Waals surface area contributed by atoms with Crippen LogP contribution in [0.5, 0.6) is 11.5 Å². The molecule has 8 nitrogen and oxygen atoms in total. The number of rotatable bonds is 10. The molecular weight excluding hydrogens is 488 g/mol. The number of aliphatic carboxylic acids is 1. The van der Waals surface area contributed by atoms with Crippen molar-refractivity contribution in [2.75, 3.05) is 25.1 Å². The minimum absolute atomic E-state index is 0.0262. The molecule has 35 heavy (non-hydrogen) atoms. The molecule has 1 aliphatic heterocycles. The van der Waals surface area contributed by atoms with E-state index in [9.17, 15) is 14.4 Å². The van der Waals surface area contributed by atoms with Crippen molar-refractivity contribution in [2.45, 2.75) is 27.2 Å². The molecule has 1 saturated heterocycles. The van der Waals surface area contributed by atoms with Crippen molar-refractivity contribution in [2.24, 2.45) is 0 Å². The number of carboxylic acids is 1.